The molecule has 15 heavy (non-hydrogen) atoms. The van der Waals surface area contributed by atoms with Gasteiger partial charge in [-0.2, -0.15) is 13.2 Å². The Morgan fingerprint density at radius 2 is 2.20 bits per heavy atom. The summed E-state index contributed by atoms with van der Waals surface area (Å²) >= 11 is 0. The highest BCUT2D eigenvalue weighted by atomic mass is 19.4. The summed E-state index contributed by atoms with van der Waals surface area (Å²) in [7, 11) is 0. The lowest BCUT2D eigenvalue weighted by Gasteiger charge is -2.14. The predicted molar refractivity (Wildman–Crippen MR) is 50.5 cm³/mol. The van der Waals surface area contributed by atoms with Crippen LogP contribution >= 0.6 is 0 Å². The lowest BCUT2D eigenvalue weighted by molar-refractivity contribution is -0.126. The van der Waals surface area contributed by atoms with Crippen molar-refractivity contribution in [2.75, 3.05) is 6.54 Å². The monoisotopic (exact) mass is 221 g/mol. The van der Waals surface area contributed by atoms with Crippen molar-refractivity contribution in [1.29, 1.82) is 0 Å². The molecule has 2 nitrogen and oxygen atoms in total. The van der Waals surface area contributed by atoms with Gasteiger partial charge < -0.3 is 9.73 Å². The van der Waals surface area contributed by atoms with Crippen LogP contribution in [-0.2, 0) is 6.42 Å². The second-order valence-corrected chi connectivity index (χ2v) is 3.52. The van der Waals surface area contributed by atoms with E-state index in [0.717, 1.165) is 5.76 Å². The number of nitrogens with one attached hydrogen (secondary N) is 1. The molecule has 0 radical (unpaired) electrons. The summed E-state index contributed by atoms with van der Waals surface area (Å²) in [4.78, 5) is 0. The van der Waals surface area contributed by atoms with E-state index in [0.29, 0.717) is 12.8 Å². The van der Waals surface area contributed by atoms with Crippen LogP contribution in [0.2, 0.25) is 0 Å². The molecule has 1 heterocycles. The third-order valence-electron chi connectivity index (χ3n) is 2.05. The summed E-state index contributed by atoms with van der Waals surface area (Å²) in [6, 6.07) is 3.41. The molecule has 0 bridgehead atoms. The molecule has 5 heteroatoms. The average Bonchev–Trinajstić information content (AvgIpc) is 2.62. The number of rotatable bonds is 5. The Hall–Kier alpha value is -0.970. The van der Waals surface area contributed by atoms with Gasteiger partial charge in [-0.1, -0.05) is 0 Å². The normalized spacial score (nSPS) is 14.1. The smallest absolute Gasteiger partial charge is 0.401 e. The van der Waals surface area contributed by atoms with Crippen LogP contribution in [-0.4, -0.2) is 18.8 Å². The Kier molecular flexibility index (Phi) is 4.20. The van der Waals surface area contributed by atoms with Crippen LogP contribution in [0.5, 0.6) is 0 Å². The lowest BCUT2D eigenvalue weighted by Crippen LogP contribution is -2.35. The fraction of sp³-hybridized carbons (Fsp3) is 0.600. The maximum Gasteiger partial charge on any atom is 0.401 e. The van der Waals surface area contributed by atoms with Crippen molar-refractivity contribution in [3.05, 3.63) is 24.2 Å². The lowest BCUT2D eigenvalue weighted by atomic mass is 10.1. The summed E-state index contributed by atoms with van der Waals surface area (Å²) in [6.45, 7) is 0.793. The number of hydrogen-bond acceptors (Lipinski definition) is 2. The van der Waals surface area contributed by atoms with Gasteiger partial charge in [0.1, 0.15) is 5.76 Å². The molecule has 0 aromatic carbocycles. The summed E-state index contributed by atoms with van der Waals surface area (Å²) in [6.07, 6.45) is -1.30. The van der Waals surface area contributed by atoms with Crippen molar-refractivity contribution >= 4 is 0 Å². The largest absolute Gasteiger partial charge is 0.469 e. The van der Waals surface area contributed by atoms with Gasteiger partial charge in [-0.3, -0.25) is 0 Å². The maximum absolute atomic E-state index is 11.8. The molecular weight excluding hydrogens is 207 g/mol. The van der Waals surface area contributed by atoms with Gasteiger partial charge >= 0.3 is 6.18 Å². The molecule has 0 amide bonds. The molecule has 0 aliphatic heterocycles. The summed E-state index contributed by atoms with van der Waals surface area (Å²) in [5.74, 6) is 0.802. The standard InChI is InChI=1S/C10H14F3NO/c1-8(14-7-10(11,12)13)4-5-9-3-2-6-15-9/h2-3,6,8,14H,4-5,7H2,1H3. The zero-order valence-electron chi connectivity index (χ0n) is 8.47. The minimum Gasteiger partial charge on any atom is -0.469 e. The van der Waals surface area contributed by atoms with E-state index in [4.69, 9.17) is 4.42 Å². The van der Waals surface area contributed by atoms with Gasteiger partial charge in [0.05, 0.1) is 12.8 Å². The molecule has 86 valence electrons. The Balaban J connectivity index is 2.16. The fourth-order valence-corrected chi connectivity index (χ4v) is 1.21. The zero-order chi connectivity index (χ0) is 11.3. The number of hydrogen-bond donors (Lipinski definition) is 1. The Morgan fingerprint density at radius 1 is 1.47 bits per heavy atom. The second kappa shape index (κ2) is 5.21. The van der Waals surface area contributed by atoms with Gasteiger partial charge in [-0.05, 0) is 25.5 Å². The minimum absolute atomic E-state index is 0.170. The molecule has 1 N–H and O–H groups in total. The number of aryl methyl sites for hydroxylation is 1. The molecule has 1 aromatic rings. The second-order valence-electron chi connectivity index (χ2n) is 3.52. The van der Waals surface area contributed by atoms with Crippen LogP contribution in [0, 0.1) is 0 Å². The predicted octanol–water partition coefficient (Wildman–Crippen LogP) is 2.75. The molecule has 1 unspecified atom stereocenters. The molecule has 0 aliphatic rings. The molecule has 0 saturated heterocycles. The first-order valence-electron chi connectivity index (χ1n) is 4.80. The average molecular weight is 221 g/mol. The maximum atomic E-state index is 11.8. The molecule has 0 aliphatic carbocycles. The highest BCUT2D eigenvalue weighted by Gasteiger charge is 2.27. The molecule has 0 fully saturated rings. The van der Waals surface area contributed by atoms with Gasteiger partial charge in [0.25, 0.3) is 0 Å². The van der Waals surface area contributed by atoms with Gasteiger partial charge in [0, 0.05) is 12.5 Å². The van der Waals surface area contributed by atoms with Crippen LogP contribution in [0.3, 0.4) is 0 Å². The molecule has 1 rings (SSSR count). The SMILES string of the molecule is CC(CCc1ccco1)NCC(F)(F)F. The van der Waals surface area contributed by atoms with E-state index in [1.165, 1.54) is 0 Å². The highest BCUT2D eigenvalue weighted by molar-refractivity contribution is 4.98. The van der Waals surface area contributed by atoms with E-state index in [1.54, 1.807) is 19.3 Å². The quantitative estimate of drug-likeness (QED) is 0.827. The van der Waals surface area contributed by atoms with Crippen LogP contribution in [0.4, 0.5) is 13.2 Å². The van der Waals surface area contributed by atoms with Crippen LogP contribution in [0.25, 0.3) is 0 Å². The van der Waals surface area contributed by atoms with E-state index in [2.05, 4.69) is 5.32 Å². The molecule has 0 saturated carbocycles. The molecule has 0 spiro atoms. The first kappa shape index (κ1) is 12.1. The Morgan fingerprint density at radius 3 is 2.73 bits per heavy atom. The van der Waals surface area contributed by atoms with Gasteiger partial charge in [0.15, 0.2) is 0 Å². The van der Waals surface area contributed by atoms with Crippen molar-refractivity contribution in [3.8, 4) is 0 Å². The highest BCUT2D eigenvalue weighted by Crippen LogP contribution is 2.13. The van der Waals surface area contributed by atoms with Crippen molar-refractivity contribution in [2.45, 2.75) is 32.0 Å². The third kappa shape index (κ3) is 5.47. The summed E-state index contributed by atoms with van der Waals surface area (Å²) in [5, 5.41) is 2.42. The van der Waals surface area contributed by atoms with Crippen LogP contribution < -0.4 is 5.32 Å². The van der Waals surface area contributed by atoms with Crippen molar-refractivity contribution in [3.63, 3.8) is 0 Å². The van der Waals surface area contributed by atoms with Gasteiger partial charge in [-0.15, -0.1) is 0 Å². The molecular formula is C10H14F3NO. The van der Waals surface area contributed by atoms with Crippen molar-refractivity contribution in [1.82, 2.24) is 5.32 Å². The fourth-order valence-electron chi connectivity index (χ4n) is 1.21. The van der Waals surface area contributed by atoms with E-state index in [9.17, 15) is 13.2 Å². The van der Waals surface area contributed by atoms with E-state index >= 15 is 0 Å². The first-order valence-corrected chi connectivity index (χ1v) is 4.80. The summed E-state index contributed by atoms with van der Waals surface area (Å²) in [5.41, 5.74) is 0. The summed E-state index contributed by atoms with van der Waals surface area (Å²) < 4.78 is 40.6. The van der Waals surface area contributed by atoms with Gasteiger partial charge in [-0.25, -0.2) is 0 Å². The Bertz CT molecular complexity index is 269. The number of halogens is 3. The number of alkyl halides is 3. The minimum atomic E-state index is -4.14. The molecule has 1 aromatic heterocycles. The first-order chi connectivity index (χ1) is 6.97. The zero-order valence-corrected chi connectivity index (χ0v) is 8.47. The Labute approximate surface area is 86.5 Å². The third-order valence-corrected chi connectivity index (χ3v) is 2.05. The van der Waals surface area contributed by atoms with Crippen molar-refractivity contribution < 1.29 is 17.6 Å². The topological polar surface area (TPSA) is 25.2 Å². The van der Waals surface area contributed by atoms with E-state index < -0.39 is 12.7 Å². The van der Waals surface area contributed by atoms with E-state index in [1.807, 2.05) is 6.07 Å². The number of furan rings is 1. The van der Waals surface area contributed by atoms with E-state index in [-0.39, 0.29) is 6.04 Å². The molecule has 1 atom stereocenters. The van der Waals surface area contributed by atoms with Crippen LogP contribution in [0.15, 0.2) is 22.8 Å². The van der Waals surface area contributed by atoms with Crippen molar-refractivity contribution in [2.24, 2.45) is 0 Å². The van der Waals surface area contributed by atoms with Gasteiger partial charge in [0.2, 0.25) is 0 Å². The van der Waals surface area contributed by atoms with Crippen LogP contribution in [0.1, 0.15) is 19.1 Å².